The lowest BCUT2D eigenvalue weighted by Gasteiger charge is -2.32. The lowest BCUT2D eigenvalue weighted by atomic mass is 10.1. The van der Waals surface area contributed by atoms with Gasteiger partial charge in [-0.05, 0) is 42.7 Å². The molecule has 3 heterocycles. The first-order chi connectivity index (χ1) is 14.4. The van der Waals surface area contributed by atoms with Gasteiger partial charge in [-0.15, -0.1) is 0 Å². The molecule has 6 nitrogen and oxygen atoms in total. The molecule has 2 bridgehead atoms. The van der Waals surface area contributed by atoms with E-state index in [9.17, 15) is 12.8 Å². The lowest BCUT2D eigenvalue weighted by molar-refractivity contribution is 0.184. The molecule has 2 saturated heterocycles. The first-order valence-electron chi connectivity index (χ1n) is 9.89. The van der Waals surface area contributed by atoms with Crippen molar-refractivity contribution in [2.45, 2.75) is 24.9 Å². The van der Waals surface area contributed by atoms with Gasteiger partial charge in [0.1, 0.15) is 17.1 Å². The zero-order valence-electron chi connectivity index (χ0n) is 16.5. The predicted molar refractivity (Wildman–Crippen MR) is 115 cm³/mol. The summed E-state index contributed by atoms with van der Waals surface area (Å²) in [6.45, 7) is 2.34. The molecule has 0 amide bonds. The highest BCUT2D eigenvalue weighted by Gasteiger charge is 2.46. The van der Waals surface area contributed by atoms with Crippen LogP contribution in [0.5, 0.6) is 10.9 Å². The van der Waals surface area contributed by atoms with Gasteiger partial charge in [-0.25, -0.2) is 12.8 Å². The molecule has 9 heteroatoms. The molecule has 0 radical (unpaired) electrons. The molecule has 0 unspecified atom stereocenters. The molecule has 30 heavy (non-hydrogen) atoms. The third kappa shape index (κ3) is 3.82. The molecule has 2 atom stereocenters. The van der Waals surface area contributed by atoms with E-state index in [-0.39, 0.29) is 11.9 Å². The van der Waals surface area contributed by atoms with Crippen molar-refractivity contribution >= 4 is 31.6 Å². The average Bonchev–Trinajstić information content (AvgIpc) is 3.41. The van der Waals surface area contributed by atoms with E-state index in [0.717, 1.165) is 30.6 Å². The third-order valence-corrected chi connectivity index (χ3v) is 8.09. The summed E-state index contributed by atoms with van der Waals surface area (Å²) >= 11 is 1.32. The van der Waals surface area contributed by atoms with Gasteiger partial charge in [0.2, 0.25) is 10.0 Å². The van der Waals surface area contributed by atoms with Crippen LogP contribution in [0, 0.1) is 5.82 Å². The first-order valence-corrected chi connectivity index (χ1v) is 12.6. The van der Waals surface area contributed by atoms with Crippen molar-refractivity contribution in [1.29, 1.82) is 0 Å². The summed E-state index contributed by atoms with van der Waals surface area (Å²) in [5.74, 6) is 0.325. The number of ether oxygens (including phenoxy) is 1. The summed E-state index contributed by atoms with van der Waals surface area (Å²) in [4.78, 5) is 6.63. The second kappa shape index (κ2) is 7.56. The minimum Gasteiger partial charge on any atom is -0.431 e. The second-order valence-electron chi connectivity index (χ2n) is 7.93. The highest BCUT2D eigenvalue weighted by molar-refractivity contribution is 7.88. The number of hydrogen-bond acceptors (Lipinski definition) is 6. The molecule has 0 aliphatic carbocycles. The van der Waals surface area contributed by atoms with Crippen molar-refractivity contribution in [1.82, 2.24) is 14.2 Å². The average molecular weight is 448 g/mol. The molecule has 2 aliphatic heterocycles. The molecule has 2 aliphatic rings. The predicted octanol–water partition coefficient (Wildman–Crippen LogP) is 3.49. The Balaban J connectivity index is 1.18. The van der Waals surface area contributed by atoms with Gasteiger partial charge in [-0.1, -0.05) is 29.5 Å². The van der Waals surface area contributed by atoms with E-state index in [0.29, 0.717) is 29.0 Å². The fraction of sp³-hybridized carbons (Fsp3) is 0.381. The van der Waals surface area contributed by atoms with Crippen molar-refractivity contribution < 1.29 is 17.5 Å². The molecule has 0 spiro atoms. The smallest absolute Gasteiger partial charge is 0.279 e. The monoisotopic (exact) mass is 447 g/mol. The SMILES string of the molecule is CS(=O)(=O)N1C[C@@H]2C[C@@H]1CN2CCc1ccc(Oc2nc3c(F)cccc3s2)cc1. The number of piperazine rings is 1. The fourth-order valence-corrected chi connectivity index (χ4v) is 6.42. The largest absolute Gasteiger partial charge is 0.431 e. The minimum atomic E-state index is -3.10. The van der Waals surface area contributed by atoms with E-state index in [1.54, 1.807) is 10.4 Å². The number of nitrogens with zero attached hydrogens (tertiary/aromatic N) is 3. The number of halogens is 1. The third-order valence-electron chi connectivity index (χ3n) is 5.90. The Bertz CT molecular complexity index is 1180. The minimum absolute atomic E-state index is 0.124. The van der Waals surface area contributed by atoms with Gasteiger partial charge >= 0.3 is 0 Å². The van der Waals surface area contributed by atoms with Crippen LogP contribution in [0.1, 0.15) is 12.0 Å². The summed E-state index contributed by atoms with van der Waals surface area (Å²) in [7, 11) is -3.10. The van der Waals surface area contributed by atoms with Crippen LogP contribution in [0.4, 0.5) is 4.39 Å². The number of likely N-dealkylation sites (tertiary alicyclic amines) is 1. The van der Waals surface area contributed by atoms with Gasteiger partial charge in [0.15, 0.2) is 0 Å². The van der Waals surface area contributed by atoms with Gasteiger partial charge in [0.05, 0.1) is 11.0 Å². The van der Waals surface area contributed by atoms with Crippen LogP contribution in [-0.4, -0.2) is 60.6 Å². The van der Waals surface area contributed by atoms with Crippen molar-refractivity contribution in [2.24, 2.45) is 0 Å². The normalized spacial score (nSPS) is 22.2. The fourth-order valence-electron chi connectivity index (χ4n) is 4.43. The van der Waals surface area contributed by atoms with E-state index < -0.39 is 10.0 Å². The van der Waals surface area contributed by atoms with Gasteiger partial charge in [0, 0.05) is 31.7 Å². The van der Waals surface area contributed by atoms with Gasteiger partial charge in [0.25, 0.3) is 5.19 Å². The van der Waals surface area contributed by atoms with E-state index in [4.69, 9.17) is 4.74 Å². The maximum Gasteiger partial charge on any atom is 0.279 e. The lowest BCUT2D eigenvalue weighted by Crippen LogP contribution is -2.48. The van der Waals surface area contributed by atoms with Crippen LogP contribution in [-0.2, 0) is 16.4 Å². The molecular formula is C21H22FN3O3S2. The maximum absolute atomic E-state index is 13.8. The maximum atomic E-state index is 13.8. The molecule has 2 aromatic carbocycles. The molecule has 1 aromatic heterocycles. The van der Waals surface area contributed by atoms with Gasteiger partial charge in [-0.2, -0.15) is 9.29 Å². The molecule has 0 N–H and O–H groups in total. The molecule has 158 valence electrons. The second-order valence-corrected chi connectivity index (χ2v) is 10.9. The quantitative estimate of drug-likeness (QED) is 0.579. The Morgan fingerprint density at radius 1 is 1.17 bits per heavy atom. The highest BCUT2D eigenvalue weighted by atomic mass is 32.2. The standard InChI is InChI=1S/C21H22FN3O3S2/c1-30(26,27)25-13-15-11-16(25)12-24(15)10-9-14-5-7-17(8-6-14)28-21-23-20-18(22)3-2-4-19(20)29-21/h2-8,15-16H,9-13H2,1H3/t15-,16+/m0/s1. The number of rotatable bonds is 6. The Morgan fingerprint density at radius 3 is 2.63 bits per heavy atom. The van der Waals surface area contributed by atoms with Crippen LogP contribution < -0.4 is 4.74 Å². The Morgan fingerprint density at radius 2 is 1.97 bits per heavy atom. The zero-order chi connectivity index (χ0) is 20.9. The Kier molecular flexibility index (Phi) is 5.01. The van der Waals surface area contributed by atoms with E-state index in [2.05, 4.69) is 9.88 Å². The number of hydrogen-bond donors (Lipinski definition) is 0. The number of sulfonamides is 1. The first kappa shape index (κ1) is 19.9. The molecule has 0 saturated carbocycles. The van der Waals surface area contributed by atoms with Crippen molar-refractivity contribution in [3.63, 3.8) is 0 Å². The van der Waals surface area contributed by atoms with E-state index >= 15 is 0 Å². The van der Waals surface area contributed by atoms with Crippen molar-refractivity contribution in [3.8, 4) is 10.9 Å². The van der Waals surface area contributed by atoms with E-state index in [1.807, 2.05) is 30.3 Å². The van der Waals surface area contributed by atoms with Crippen LogP contribution in [0.15, 0.2) is 42.5 Å². The number of thiazole rings is 1. The van der Waals surface area contributed by atoms with E-state index in [1.165, 1.54) is 29.2 Å². The highest BCUT2D eigenvalue weighted by Crippen LogP contribution is 2.34. The van der Waals surface area contributed by atoms with Gasteiger partial charge in [-0.3, -0.25) is 4.90 Å². The molecule has 2 fully saturated rings. The van der Waals surface area contributed by atoms with Crippen LogP contribution in [0.3, 0.4) is 0 Å². The summed E-state index contributed by atoms with van der Waals surface area (Å²) in [6.07, 6.45) is 3.13. The number of aromatic nitrogens is 1. The number of benzene rings is 2. The summed E-state index contributed by atoms with van der Waals surface area (Å²) in [6, 6.07) is 13.2. The van der Waals surface area contributed by atoms with Crippen molar-refractivity contribution in [2.75, 3.05) is 25.9 Å². The zero-order valence-corrected chi connectivity index (χ0v) is 18.1. The van der Waals surface area contributed by atoms with Crippen molar-refractivity contribution in [3.05, 3.63) is 53.8 Å². The summed E-state index contributed by atoms with van der Waals surface area (Å²) in [5, 5.41) is 0.423. The summed E-state index contributed by atoms with van der Waals surface area (Å²) in [5.41, 5.74) is 1.53. The van der Waals surface area contributed by atoms with Gasteiger partial charge < -0.3 is 4.74 Å². The Hall–Kier alpha value is -2.07. The molecule has 3 aromatic rings. The van der Waals surface area contributed by atoms with Crippen LogP contribution in [0.25, 0.3) is 10.2 Å². The Labute approximate surface area is 178 Å². The molecule has 5 rings (SSSR count). The number of para-hydroxylation sites is 1. The van der Waals surface area contributed by atoms with Crippen LogP contribution in [0.2, 0.25) is 0 Å². The topological polar surface area (TPSA) is 62.7 Å². The number of fused-ring (bicyclic) bond motifs is 3. The summed E-state index contributed by atoms with van der Waals surface area (Å²) < 4.78 is 45.6. The molecular weight excluding hydrogens is 425 g/mol. The van der Waals surface area contributed by atoms with Crippen LogP contribution >= 0.6 is 11.3 Å².